The molecule has 0 atom stereocenters. The Balaban J connectivity index is 2.09. The summed E-state index contributed by atoms with van der Waals surface area (Å²) in [6.07, 6.45) is 0. The third kappa shape index (κ3) is 3.32. The molecule has 0 saturated heterocycles. The Hall–Kier alpha value is -1.96. The Morgan fingerprint density at radius 3 is 2.90 bits per heavy atom. The molecule has 1 heterocycles. The van der Waals surface area contributed by atoms with Crippen LogP contribution in [0.2, 0.25) is 0 Å². The van der Waals surface area contributed by atoms with Crippen molar-refractivity contribution < 1.29 is 17.9 Å². The highest BCUT2D eigenvalue weighted by atomic mass is 32.2. The summed E-state index contributed by atoms with van der Waals surface area (Å²) in [6, 6.07) is 3.24. The summed E-state index contributed by atoms with van der Waals surface area (Å²) in [6.45, 7) is 1.83. The van der Waals surface area contributed by atoms with E-state index in [0.29, 0.717) is 22.8 Å². The van der Waals surface area contributed by atoms with Crippen molar-refractivity contribution in [2.45, 2.75) is 6.92 Å². The molecule has 110 valence electrons. The summed E-state index contributed by atoms with van der Waals surface area (Å²) in [4.78, 5) is 11.2. The van der Waals surface area contributed by atoms with E-state index in [1.165, 1.54) is 0 Å². The molecule has 1 aromatic carbocycles. The van der Waals surface area contributed by atoms with Crippen LogP contribution in [0.15, 0.2) is 12.1 Å². The molecule has 7 nitrogen and oxygen atoms in total. The highest BCUT2D eigenvalue weighted by Crippen LogP contribution is 2.34. The summed E-state index contributed by atoms with van der Waals surface area (Å²) >= 11 is 0. The molecule has 2 rings (SSSR count). The van der Waals surface area contributed by atoms with E-state index in [0.717, 1.165) is 0 Å². The van der Waals surface area contributed by atoms with Crippen LogP contribution in [0.25, 0.3) is 0 Å². The summed E-state index contributed by atoms with van der Waals surface area (Å²) < 4.78 is 28.0. The molecule has 4 N–H and O–H groups in total. The predicted octanol–water partition coefficient (Wildman–Crippen LogP) is 0.446. The van der Waals surface area contributed by atoms with Gasteiger partial charge < -0.3 is 21.1 Å². The number of rotatable bonds is 5. The van der Waals surface area contributed by atoms with Crippen molar-refractivity contribution in [2.24, 2.45) is 0 Å². The molecule has 20 heavy (non-hydrogen) atoms. The number of fused-ring (bicyclic) bond motifs is 1. The van der Waals surface area contributed by atoms with Gasteiger partial charge in [0.1, 0.15) is 5.75 Å². The average molecular weight is 299 g/mol. The van der Waals surface area contributed by atoms with Gasteiger partial charge in [0.25, 0.3) is 5.91 Å². The number of hydrogen-bond donors (Lipinski definition) is 3. The number of nitrogen functional groups attached to an aromatic ring is 1. The Morgan fingerprint density at radius 1 is 1.45 bits per heavy atom. The van der Waals surface area contributed by atoms with E-state index >= 15 is 0 Å². The van der Waals surface area contributed by atoms with E-state index in [1.807, 2.05) is 0 Å². The smallest absolute Gasteiger partial charge is 0.262 e. The van der Waals surface area contributed by atoms with Crippen LogP contribution in [0.4, 0.5) is 17.1 Å². The Labute approximate surface area is 117 Å². The summed E-state index contributed by atoms with van der Waals surface area (Å²) in [5, 5.41) is 5.62. The number of hydrogen-bond acceptors (Lipinski definition) is 6. The number of carbonyl (C=O) groups excluding carboxylic acids is 1. The highest BCUT2D eigenvalue weighted by molar-refractivity contribution is 7.91. The van der Waals surface area contributed by atoms with E-state index in [4.69, 9.17) is 10.5 Å². The minimum Gasteiger partial charge on any atom is -0.482 e. The van der Waals surface area contributed by atoms with Crippen molar-refractivity contribution in [3.05, 3.63) is 12.1 Å². The van der Waals surface area contributed by atoms with Crippen molar-refractivity contribution in [1.82, 2.24) is 0 Å². The molecule has 0 aliphatic carbocycles. The maximum absolute atomic E-state index is 11.4. The van der Waals surface area contributed by atoms with Crippen LogP contribution in [0.3, 0.4) is 0 Å². The maximum atomic E-state index is 11.4. The van der Waals surface area contributed by atoms with Crippen molar-refractivity contribution >= 4 is 32.8 Å². The Morgan fingerprint density at radius 2 is 2.20 bits per heavy atom. The van der Waals surface area contributed by atoms with Gasteiger partial charge >= 0.3 is 0 Å². The second kappa shape index (κ2) is 5.58. The van der Waals surface area contributed by atoms with Gasteiger partial charge in [-0.15, -0.1) is 0 Å². The third-order valence-corrected chi connectivity index (χ3v) is 4.66. The fraction of sp³-hybridized carbons (Fsp3) is 0.417. The summed E-state index contributed by atoms with van der Waals surface area (Å²) in [7, 11) is -3.03. The molecule has 1 amide bonds. The maximum Gasteiger partial charge on any atom is 0.262 e. The van der Waals surface area contributed by atoms with E-state index in [9.17, 15) is 13.2 Å². The molecule has 0 aromatic heterocycles. The third-order valence-electron chi connectivity index (χ3n) is 2.95. The van der Waals surface area contributed by atoms with Gasteiger partial charge in [-0.05, 0) is 6.07 Å². The van der Waals surface area contributed by atoms with Crippen LogP contribution in [-0.2, 0) is 14.6 Å². The lowest BCUT2D eigenvalue weighted by molar-refractivity contribution is -0.118. The standard InChI is InChI=1S/C12H17N3O4S/c1-2-20(17,18)4-3-14-9-6-10-11(5-8(9)13)19-7-12(16)15-10/h5-6,14H,2-4,7,13H2,1H3,(H,15,16). The van der Waals surface area contributed by atoms with Crippen LogP contribution >= 0.6 is 0 Å². The van der Waals surface area contributed by atoms with Crippen LogP contribution in [-0.4, -0.2) is 39.0 Å². The van der Waals surface area contributed by atoms with Gasteiger partial charge in [0.15, 0.2) is 16.4 Å². The number of ether oxygens (including phenoxy) is 1. The molecule has 0 bridgehead atoms. The van der Waals surface area contributed by atoms with Gasteiger partial charge in [-0.2, -0.15) is 0 Å². The van der Waals surface area contributed by atoms with Crippen LogP contribution in [0.1, 0.15) is 6.92 Å². The molecule has 8 heteroatoms. The molecule has 0 unspecified atom stereocenters. The van der Waals surface area contributed by atoms with E-state index < -0.39 is 9.84 Å². The largest absolute Gasteiger partial charge is 0.482 e. The molecule has 0 radical (unpaired) electrons. The van der Waals surface area contributed by atoms with Crippen LogP contribution in [0.5, 0.6) is 5.75 Å². The predicted molar refractivity (Wildman–Crippen MR) is 77.8 cm³/mol. The number of carbonyl (C=O) groups is 1. The molecular formula is C12H17N3O4S. The van der Waals surface area contributed by atoms with Gasteiger partial charge in [0.05, 0.1) is 22.8 Å². The summed E-state index contributed by atoms with van der Waals surface area (Å²) in [5.41, 5.74) is 7.39. The number of sulfone groups is 1. The number of benzene rings is 1. The fourth-order valence-electron chi connectivity index (χ4n) is 1.78. The molecule has 0 fully saturated rings. The molecule has 0 saturated carbocycles. The second-order valence-corrected chi connectivity index (χ2v) is 6.91. The topological polar surface area (TPSA) is 111 Å². The fourth-order valence-corrected chi connectivity index (χ4v) is 2.48. The number of nitrogens with two attached hydrogens (primary N) is 1. The first-order valence-corrected chi connectivity index (χ1v) is 8.04. The minimum absolute atomic E-state index is 0.0306. The second-order valence-electron chi connectivity index (χ2n) is 4.44. The van der Waals surface area contributed by atoms with Gasteiger partial charge in [0.2, 0.25) is 0 Å². The van der Waals surface area contributed by atoms with E-state index in [2.05, 4.69) is 10.6 Å². The van der Waals surface area contributed by atoms with E-state index in [1.54, 1.807) is 19.1 Å². The zero-order valence-electron chi connectivity index (χ0n) is 11.1. The lowest BCUT2D eigenvalue weighted by Gasteiger charge is -2.20. The Kier molecular flexibility index (Phi) is 4.03. The molecule has 0 spiro atoms. The van der Waals surface area contributed by atoms with Crippen molar-refractivity contribution in [1.29, 1.82) is 0 Å². The minimum atomic E-state index is -3.03. The molecule has 1 aliphatic heterocycles. The quantitative estimate of drug-likeness (QED) is 0.681. The van der Waals surface area contributed by atoms with Crippen LogP contribution < -0.4 is 21.1 Å². The van der Waals surface area contributed by atoms with Crippen molar-refractivity contribution in [2.75, 3.05) is 41.0 Å². The highest BCUT2D eigenvalue weighted by Gasteiger charge is 2.18. The molecule has 1 aromatic rings. The lowest BCUT2D eigenvalue weighted by Crippen LogP contribution is -2.25. The zero-order valence-corrected chi connectivity index (χ0v) is 11.9. The zero-order chi connectivity index (χ0) is 14.8. The molecule has 1 aliphatic rings. The van der Waals surface area contributed by atoms with Gasteiger partial charge in [0, 0.05) is 18.4 Å². The molecular weight excluding hydrogens is 282 g/mol. The Bertz CT molecular complexity index is 628. The first kappa shape index (κ1) is 14.4. The van der Waals surface area contributed by atoms with Crippen LogP contribution in [0, 0.1) is 0 Å². The van der Waals surface area contributed by atoms with Gasteiger partial charge in [-0.3, -0.25) is 4.79 Å². The van der Waals surface area contributed by atoms with Gasteiger partial charge in [-0.1, -0.05) is 6.92 Å². The normalized spacial score (nSPS) is 14.2. The average Bonchev–Trinajstić information content (AvgIpc) is 2.40. The van der Waals surface area contributed by atoms with Crippen molar-refractivity contribution in [3.8, 4) is 5.75 Å². The monoisotopic (exact) mass is 299 g/mol. The summed E-state index contributed by atoms with van der Waals surface area (Å²) in [5.74, 6) is 0.414. The van der Waals surface area contributed by atoms with Crippen molar-refractivity contribution in [3.63, 3.8) is 0 Å². The number of anilines is 3. The first-order chi connectivity index (χ1) is 9.41. The number of amides is 1. The SMILES string of the molecule is CCS(=O)(=O)CCNc1cc2c(cc1N)OCC(=O)N2. The van der Waals surface area contributed by atoms with E-state index in [-0.39, 0.29) is 30.6 Å². The van der Waals surface area contributed by atoms with Gasteiger partial charge in [-0.25, -0.2) is 8.42 Å². The first-order valence-electron chi connectivity index (χ1n) is 6.22. The number of nitrogens with one attached hydrogen (secondary N) is 2. The lowest BCUT2D eigenvalue weighted by atomic mass is 10.2.